The lowest BCUT2D eigenvalue weighted by atomic mass is 10.2. The second-order valence-corrected chi connectivity index (χ2v) is 7.53. The fourth-order valence-corrected chi connectivity index (χ4v) is 3.93. The van der Waals surface area contributed by atoms with Gasteiger partial charge in [-0.3, -0.25) is 9.36 Å². The Labute approximate surface area is 166 Å². The maximum atomic E-state index is 12.2. The van der Waals surface area contributed by atoms with Crippen molar-refractivity contribution in [3.63, 3.8) is 0 Å². The van der Waals surface area contributed by atoms with Gasteiger partial charge in [-0.25, -0.2) is 0 Å². The molecule has 8 nitrogen and oxygen atoms in total. The minimum atomic E-state index is -0.0888. The molecule has 3 aromatic rings. The molecule has 1 N–H and O–H groups in total. The number of aromatic nitrogens is 3. The first-order valence-electron chi connectivity index (χ1n) is 9.22. The van der Waals surface area contributed by atoms with Crippen LogP contribution in [-0.4, -0.2) is 39.1 Å². The molecule has 4 rings (SSSR count). The second kappa shape index (κ2) is 8.66. The topological polar surface area (TPSA) is 95.3 Å². The summed E-state index contributed by atoms with van der Waals surface area (Å²) in [4.78, 5) is 12.2. The number of carbonyl (C=O) groups excluding carboxylic acids is 1. The van der Waals surface area contributed by atoms with Crippen molar-refractivity contribution in [1.82, 2.24) is 20.1 Å². The number of carbonyl (C=O) groups is 1. The number of furan rings is 2. The predicted octanol–water partition coefficient (Wildman–Crippen LogP) is 3.03. The van der Waals surface area contributed by atoms with E-state index in [9.17, 15) is 4.79 Å². The van der Waals surface area contributed by atoms with E-state index in [0.717, 1.165) is 42.4 Å². The van der Waals surface area contributed by atoms with Gasteiger partial charge in [0.15, 0.2) is 11.0 Å². The smallest absolute Gasteiger partial charge is 0.230 e. The molecule has 0 bridgehead atoms. The summed E-state index contributed by atoms with van der Waals surface area (Å²) >= 11 is 1.36. The molecule has 1 atom stereocenters. The minimum absolute atomic E-state index is 0.0888. The molecule has 0 aromatic carbocycles. The summed E-state index contributed by atoms with van der Waals surface area (Å²) in [5, 5.41) is 12.2. The van der Waals surface area contributed by atoms with E-state index < -0.39 is 0 Å². The van der Waals surface area contributed by atoms with Gasteiger partial charge < -0.3 is 18.9 Å². The molecule has 9 heteroatoms. The van der Waals surface area contributed by atoms with Gasteiger partial charge in [-0.2, -0.15) is 0 Å². The van der Waals surface area contributed by atoms with Gasteiger partial charge in [-0.05, 0) is 38.0 Å². The lowest BCUT2D eigenvalue weighted by Gasteiger charge is -2.14. The maximum Gasteiger partial charge on any atom is 0.230 e. The van der Waals surface area contributed by atoms with Crippen LogP contribution in [0.5, 0.6) is 0 Å². The molecule has 1 saturated heterocycles. The Morgan fingerprint density at radius 3 is 2.96 bits per heavy atom. The van der Waals surface area contributed by atoms with E-state index in [1.165, 1.54) is 11.8 Å². The van der Waals surface area contributed by atoms with Crippen LogP contribution in [-0.2, 0) is 22.6 Å². The van der Waals surface area contributed by atoms with Crippen molar-refractivity contribution in [1.29, 1.82) is 0 Å². The molecule has 4 heterocycles. The van der Waals surface area contributed by atoms with Gasteiger partial charge in [0.1, 0.15) is 11.5 Å². The molecule has 1 aliphatic rings. The van der Waals surface area contributed by atoms with Crippen molar-refractivity contribution in [2.24, 2.45) is 0 Å². The van der Waals surface area contributed by atoms with Crippen molar-refractivity contribution in [2.45, 2.75) is 44.1 Å². The van der Waals surface area contributed by atoms with Crippen molar-refractivity contribution < 1.29 is 18.4 Å². The van der Waals surface area contributed by atoms with Gasteiger partial charge in [0, 0.05) is 6.61 Å². The Balaban J connectivity index is 1.45. The quantitative estimate of drug-likeness (QED) is 0.579. The van der Waals surface area contributed by atoms with Crippen molar-refractivity contribution in [2.75, 3.05) is 12.4 Å². The Hall–Kier alpha value is -2.52. The van der Waals surface area contributed by atoms with Gasteiger partial charge in [-0.1, -0.05) is 11.8 Å². The van der Waals surface area contributed by atoms with E-state index in [2.05, 4.69) is 15.5 Å². The van der Waals surface area contributed by atoms with Gasteiger partial charge in [-0.15, -0.1) is 10.2 Å². The summed E-state index contributed by atoms with van der Waals surface area (Å²) in [6.07, 6.45) is 5.43. The van der Waals surface area contributed by atoms with Gasteiger partial charge in [0.25, 0.3) is 0 Å². The Morgan fingerprint density at radius 1 is 1.32 bits per heavy atom. The number of nitrogens with one attached hydrogen (secondary N) is 1. The zero-order valence-electron chi connectivity index (χ0n) is 15.6. The number of ether oxygens (including phenoxy) is 1. The highest BCUT2D eigenvalue weighted by Gasteiger charge is 2.23. The Kier molecular flexibility index (Phi) is 5.82. The SMILES string of the molecule is Cc1occc1-c1nnc(SCC(=O)NCc2ccco2)n1CC1CCCO1. The van der Waals surface area contributed by atoms with E-state index in [-0.39, 0.29) is 17.8 Å². The van der Waals surface area contributed by atoms with E-state index >= 15 is 0 Å². The first kappa shape index (κ1) is 18.8. The largest absolute Gasteiger partial charge is 0.469 e. The molecule has 148 valence electrons. The third-order valence-corrected chi connectivity index (χ3v) is 5.57. The average Bonchev–Trinajstić information content (AvgIpc) is 3.48. The standard InChI is InChI=1S/C19H22N4O4S/c1-13-16(6-9-25-13)18-21-22-19(23(18)11-15-5-3-8-27-15)28-12-17(24)20-10-14-4-2-7-26-14/h2,4,6-7,9,15H,3,5,8,10-12H2,1H3,(H,20,24). The van der Waals surface area contributed by atoms with Crippen molar-refractivity contribution >= 4 is 17.7 Å². The summed E-state index contributed by atoms with van der Waals surface area (Å²) < 4.78 is 18.5. The van der Waals surface area contributed by atoms with Crippen molar-refractivity contribution in [3.8, 4) is 11.4 Å². The Morgan fingerprint density at radius 2 is 2.25 bits per heavy atom. The molecule has 1 aliphatic heterocycles. The molecule has 0 aliphatic carbocycles. The number of thioether (sulfide) groups is 1. The van der Waals surface area contributed by atoms with Crippen LogP contribution in [0.2, 0.25) is 0 Å². The van der Waals surface area contributed by atoms with Crippen LogP contribution >= 0.6 is 11.8 Å². The van der Waals surface area contributed by atoms with Crippen LogP contribution in [0, 0.1) is 6.92 Å². The summed E-state index contributed by atoms with van der Waals surface area (Å²) in [6, 6.07) is 5.50. The number of aryl methyl sites for hydroxylation is 1. The fraction of sp³-hybridized carbons (Fsp3) is 0.421. The summed E-state index contributed by atoms with van der Waals surface area (Å²) in [5.74, 6) is 2.40. The first-order valence-corrected chi connectivity index (χ1v) is 10.2. The predicted molar refractivity (Wildman–Crippen MR) is 103 cm³/mol. The lowest BCUT2D eigenvalue weighted by molar-refractivity contribution is -0.118. The number of hydrogen-bond donors (Lipinski definition) is 1. The van der Waals surface area contributed by atoms with Crippen LogP contribution in [0.3, 0.4) is 0 Å². The van der Waals surface area contributed by atoms with Gasteiger partial charge in [0.2, 0.25) is 5.91 Å². The number of nitrogens with zero attached hydrogens (tertiary/aromatic N) is 3. The third-order valence-electron chi connectivity index (χ3n) is 4.60. The van der Waals surface area contributed by atoms with E-state index in [1.54, 1.807) is 18.6 Å². The average molecular weight is 402 g/mol. The van der Waals surface area contributed by atoms with E-state index in [1.807, 2.05) is 23.6 Å². The van der Waals surface area contributed by atoms with Gasteiger partial charge in [0.05, 0.1) is 43.0 Å². The number of hydrogen-bond acceptors (Lipinski definition) is 7. The van der Waals surface area contributed by atoms with Crippen LogP contribution in [0.15, 0.2) is 44.7 Å². The summed E-state index contributed by atoms with van der Waals surface area (Å²) in [7, 11) is 0. The summed E-state index contributed by atoms with van der Waals surface area (Å²) in [6.45, 7) is 3.71. The highest BCUT2D eigenvalue weighted by Crippen LogP contribution is 2.28. The minimum Gasteiger partial charge on any atom is -0.469 e. The van der Waals surface area contributed by atoms with E-state index in [4.69, 9.17) is 13.6 Å². The monoisotopic (exact) mass is 402 g/mol. The second-order valence-electron chi connectivity index (χ2n) is 6.59. The van der Waals surface area contributed by atoms with Gasteiger partial charge >= 0.3 is 0 Å². The van der Waals surface area contributed by atoms with Crippen LogP contribution in [0.25, 0.3) is 11.4 Å². The molecular formula is C19H22N4O4S. The van der Waals surface area contributed by atoms with Crippen LogP contribution < -0.4 is 5.32 Å². The molecule has 0 spiro atoms. The molecule has 1 unspecified atom stereocenters. The van der Waals surface area contributed by atoms with Crippen LogP contribution in [0.1, 0.15) is 24.4 Å². The molecule has 1 amide bonds. The maximum absolute atomic E-state index is 12.2. The zero-order valence-corrected chi connectivity index (χ0v) is 16.4. The molecule has 0 radical (unpaired) electrons. The zero-order chi connectivity index (χ0) is 19.3. The molecule has 28 heavy (non-hydrogen) atoms. The fourth-order valence-electron chi connectivity index (χ4n) is 3.15. The third kappa shape index (κ3) is 4.31. The highest BCUT2D eigenvalue weighted by molar-refractivity contribution is 7.99. The van der Waals surface area contributed by atoms with E-state index in [0.29, 0.717) is 18.2 Å². The Bertz CT molecular complexity index is 912. The molecule has 0 saturated carbocycles. The molecular weight excluding hydrogens is 380 g/mol. The normalized spacial score (nSPS) is 16.5. The lowest BCUT2D eigenvalue weighted by Crippen LogP contribution is -2.24. The summed E-state index contributed by atoms with van der Waals surface area (Å²) in [5.41, 5.74) is 0.902. The highest BCUT2D eigenvalue weighted by atomic mass is 32.2. The molecule has 1 fully saturated rings. The van der Waals surface area contributed by atoms with Crippen molar-refractivity contribution in [3.05, 3.63) is 42.2 Å². The number of rotatable bonds is 8. The molecule has 3 aromatic heterocycles. The van der Waals surface area contributed by atoms with Crippen LogP contribution in [0.4, 0.5) is 0 Å². The first-order chi connectivity index (χ1) is 13.7. The number of amides is 1.